The number of carbonyl (C=O) groups excluding carboxylic acids is 1. The molecule has 0 spiro atoms. The Kier molecular flexibility index (Phi) is 5.62. The van der Waals surface area contributed by atoms with E-state index in [1.54, 1.807) is 12.5 Å². The molecule has 0 saturated heterocycles. The lowest BCUT2D eigenvalue weighted by Crippen LogP contribution is -2.42. The summed E-state index contributed by atoms with van der Waals surface area (Å²) in [5.41, 5.74) is 1.05. The maximum atomic E-state index is 12.1. The van der Waals surface area contributed by atoms with Gasteiger partial charge in [-0.1, -0.05) is 30.3 Å². The fourth-order valence-electron chi connectivity index (χ4n) is 1.89. The van der Waals surface area contributed by atoms with Gasteiger partial charge in [0.2, 0.25) is 0 Å². The van der Waals surface area contributed by atoms with E-state index in [-0.39, 0.29) is 12.1 Å². The average molecular weight is 320 g/mol. The van der Waals surface area contributed by atoms with Gasteiger partial charge in [-0.2, -0.15) is 0 Å². The van der Waals surface area contributed by atoms with Gasteiger partial charge in [-0.3, -0.25) is 4.79 Å². The molecule has 1 unspecified atom stereocenters. The Morgan fingerprint density at radius 2 is 2.09 bits per heavy atom. The van der Waals surface area contributed by atoms with E-state index in [2.05, 4.69) is 10.3 Å². The summed E-state index contributed by atoms with van der Waals surface area (Å²) in [7, 11) is 1.54. The Balaban J connectivity index is 2.03. The molecule has 0 aliphatic heterocycles. The molecule has 116 valence electrons. The number of carbonyl (C=O) groups is 2. The summed E-state index contributed by atoms with van der Waals surface area (Å²) in [6, 6.07) is 8.15. The van der Waals surface area contributed by atoms with Gasteiger partial charge in [0.05, 0.1) is 6.61 Å². The monoisotopic (exact) mass is 320 g/mol. The summed E-state index contributed by atoms with van der Waals surface area (Å²) in [5.74, 6) is -1.58. The molecule has 0 bridgehead atoms. The van der Waals surface area contributed by atoms with Gasteiger partial charge >= 0.3 is 5.97 Å². The van der Waals surface area contributed by atoms with Crippen molar-refractivity contribution in [3.05, 3.63) is 52.0 Å². The second-order valence-corrected chi connectivity index (χ2v) is 5.56. The zero-order chi connectivity index (χ0) is 15.9. The quantitative estimate of drug-likeness (QED) is 0.811. The second kappa shape index (κ2) is 7.67. The van der Waals surface area contributed by atoms with E-state index in [0.29, 0.717) is 11.6 Å². The molecule has 22 heavy (non-hydrogen) atoms. The highest BCUT2D eigenvalue weighted by Gasteiger charge is 2.22. The Morgan fingerprint density at radius 3 is 2.73 bits per heavy atom. The van der Waals surface area contributed by atoms with Crippen LogP contribution in [0.1, 0.15) is 21.1 Å². The number of methoxy groups -OCH3 is 1. The van der Waals surface area contributed by atoms with Gasteiger partial charge in [-0.15, -0.1) is 11.3 Å². The van der Waals surface area contributed by atoms with Crippen LogP contribution < -0.4 is 5.32 Å². The number of benzene rings is 1. The minimum atomic E-state index is -1.08. The molecule has 0 fully saturated rings. The maximum Gasteiger partial charge on any atom is 0.326 e. The van der Waals surface area contributed by atoms with Crippen LogP contribution in [0.25, 0.3) is 0 Å². The normalized spacial score (nSPS) is 11.9. The molecule has 1 aromatic carbocycles. The number of carboxylic acids is 1. The van der Waals surface area contributed by atoms with Gasteiger partial charge in [-0.25, -0.2) is 9.78 Å². The third-order valence-electron chi connectivity index (χ3n) is 2.94. The fourth-order valence-corrected chi connectivity index (χ4v) is 2.63. The van der Waals surface area contributed by atoms with E-state index < -0.39 is 17.9 Å². The van der Waals surface area contributed by atoms with Gasteiger partial charge in [-0.05, 0) is 5.56 Å². The summed E-state index contributed by atoms with van der Waals surface area (Å²) < 4.78 is 4.94. The second-order valence-electron chi connectivity index (χ2n) is 4.61. The van der Waals surface area contributed by atoms with Crippen molar-refractivity contribution < 1.29 is 19.4 Å². The van der Waals surface area contributed by atoms with E-state index in [9.17, 15) is 14.7 Å². The standard InChI is InChI=1S/C15H16N2O4S/c1-21-8-13-16-12(9-22-13)14(18)17-11(15(19)20)7-10-5-3-2-4-6-10/h2-6,9,11H,7-8H2,1H3,(H,17,18)(H,19,20). The highest BCUT2D eigenvalue weighted by molar-refractivity contribution is 7.09. The van der Waals surface area contributed by atoms with Crippen LogP contribution in [0.3, 0.4) is 0 Å². The van der Waals surface area contributed by atoms with E-state index in [0.717, 1.165) is 5.56 Å². The van der Waals surface area contributed by atoms with Gasteiger partial charge in [0.1, 0.15) is 16.7 Å². The van der Waals surface area contributed by atoms with Crippen molar-refractivity contribution in [3.8, 4) is 0 Å². The van der Waals surface area contributed by atoms with Gasteiger partial charge in [0, 0.05) is 18.9 Å². The highest BCUT2D eigenvalue weighted by atomic mass is 32.1. The SMILES string of the molecule is COCc1nc(C(=O)NC(Cc2ccccc2)C(=O)O)cs1. The van der Waals surface area contributed by atoms with Crippen LogP contribution >= 0.6 is 11.3 Å². The minimum absolute atomic E-state index is 0.205. The minimum Gasteiger partial charge on any atom is -0.480 e. The van der Waals surface area contributed by atoms with Crippen LogP contribution in [-0.4, -0.2) is 35.1 Å². The number of ether oxygens (including phenoxy) is 1. The molecular weight excluding hydrogens is 304 g/mol. The van der Waals surface area contributed by atoms with E-state index in [4.69, 9.17) is 4.74 Å². The van der Waals surface area contributed by atoms with Crippen molar-refractivity contribution in [2.75, 3.05) is 7.11 Å². The third-order valence-corrected chi connectivity index (χ3v) is 3.76. The number of rotatable bonds is 7. The van der Waals surface area contributed by atoms with Crippen molar-refractivity contribution in [1.29, 1.82) is 0 Å². The first-order valence-electron chi connectivity index (χ1n) is 6.61. The molecular formula is C15H16N2O4S. The first-order chi connectivity index (χ1) is 10.6. The molecule has 1 aromatic heterocycles. The summed E-state index contributed by atoms with van der Waals surface area (Å²) >= 11 is 1.30. The first-order valence-corrected chi connectivity index (χ1v) is 7.49. The van der Waals surface area contributed by atoms with Crippen molar-refractivity contribution in [2.24, 2.45) is 0 Å². The Labute approximate surface area is 131 Å². The zero-order valence-electron chi connectivity index (χ0n) is 12.0. The molecule has 1 atom stereocenters. The molecule has 2 aromatic rings. The van der Waals surface area contributed by atoms with Crippen LogP contribution in [0.2, 0.25) is 0 Å². The van der Waals surface area contributed by atoms with Crippen LogP contribution in [0, 0.1) is 0 Å². The van der Waals surface area contributed by atoms with Gasteiger partial charge in [0.15, 0.2) is 0 Å². The van der Waals surface area contributed by atoms with Crippen LogP contribution in [0.15, 0.2) is 35.7 Å². The number of hydrogen-bond donors (Lipinski definition) is 2. The van der Waals surface area contributed by atoms with Crippen LogP contribution in [-0.2, 0) is 22.6 Å². The number of aromatic nitrogens is 1. The summed E-state index contributed by atoms with van der Waals surface area (Å²) in [4.78, 5) is 27.5. The number of thiazole rings is 1. The first kappa shape index (κ1) is 16.1. The molecule has 1 amide bonds. The molecule has 0 aliphatic carbocycles. The smallest absolute Gasteiger partial charge is 0.326 e. The molecule has 1 heterocycles. The molecule has 0 radical (unpaired) electrons. The van der Waals surface area contributed by atoms with Crippen LogP contribution in [0.5, 0.6) is 0 Å². The van der Waals surface area contributed by atoms with Crippen molar-refractivity contribution in [1.82, 2.24) is 10.3 Å². The number of hydrogen-bond acceptors (Lipinski definition) is 5. The summed E-state index contributed by atoms with van der Waals surface area (Å²) in [6.45, 7) is 0.324. The number of aliphatic carboxylic acids is 1. The number of carboxylic acid groups (broad SMARTS) is 1. The largest absolute Gasteiger partial charge is 0.480 e. The van der Waals surface area contributed by atoms with E-state index in [1.165, 1.54) is 11.3 Å². The van der Waals surface area contributed by atoms with E-state index in [1.807, 2.05) is 30.3 Å². The molecule has 0 saturated carbocycles. The lowest BCUT2D eigenvalue weighted by atomic mass is 10.1. The Morgan fingerprint density at radius 1 is 1.36 bits per heavy atom. The lowest BCUT2D eigenvalue weighted by Gasteiger charge is -2.13. The molecule has 7 heteroatoms. The Bertz CT molecular complexity index is 642. The average Bonchev–Trinajstić information content (AvgIpc) is 2.96. The number of nitrogens with one attached hydrogen (secondary N) is 1. The predicted octanol–water partition coefficient (Wildman–Crippen LogP) is 1.72. The zero-order valence-corrected chi connectivity index (χ0v) is 12.8. The number of amides is 1. The third kappa shape index (κ3) is 4.37. The molecule has 6 nitrogen and oxygen atoms in total. The van der Waals surface area contributed by atoms with Gasteiger partial charge in [0.25, 0.3) is 5.91 Å². The van der Waals surface area contributed by atoms with E-state index >= 15 is 0 Å². The summed E-state index contributed by atoms with van der Waals surface area (Å²) in [5, 5.41) is 14.0. The predicted molar refractivity (Wildman–Crippen MR) is 81.9 cm³/mol. The van der Waals surface area contributed by atoms with Crippen LogP contribution in [0.4, 0.5) is 0 Å². The highest BCUT2D eigenvalue weighted by Crippen LogP contribution is 2.11. The topological polar surface area (TPSA) is 88.5 Å². The fraction of sp³-hybridized carbons (Fsp3) is 0.267. The van der Waals surface area contributed by atoms with Crippen molar-refractivity contribution >= 4 is 23.2 Å². The van der Waals surface area contributed by atoms with Crippen molar-refractivity contribution in [2.45, 2.75) is 19.1 Å². The number of nitrogens with zero attached hydrogens (tertiary/aromatic N) is 1. The Hall–Kier alpha value is -2.25. The molecule has 2 rings (SSSR count). The molecule has 2 N–H and O–H groups in total. The lowest BCUT2D eigenvalue weighted by molar-refractivity contribution is -0.139. The molecule has 0 aliphatic rings. The van der Waals surface area contributed by atoms with Crippen molar-refractivity contribution in [3.63, 3.8) is 0 Å². The summed E-state index contributed by atoms with van der Waals surface area (Å²) in [6.07, 6.45) is 0.219. The maximum absolute atomic E-state index is 12.1. The van der Waals surface area contributed by atoms with Gasteiger partial charge < -0.3 is 15.2 Å².